The molecule has 26 heavy (non-hydrogen) atoms. The molecule has 0 radical (unpaired) electrons. The topological polar surface area (TPSA) is 66.5 Å². The Morgan fingerprint density at radius 2 is 2.08 bits per heavy atom. The summed E-state index contributed by atoms with van der Waals surface area (Å²) < 4.78 is 39.9. The molecule has 0 aromatic heterocycles. The summed E-state index contributed by atoms with van der Waals surface area (Å²) in [5, 5.41) is 2.89. The van der Waals surface area contributed by atoms with Crippen LogP contribution in [0.25, 0.3) is 0 Å². The molecule has 0 saturated carbocycles. The van der Waals surface area contributed by atoms with Crippen molar-refractivity contribution < 1.29 is 17.6 Å². The maximum atomic E-state index is 13.7. The van der Waals surface area contributed by atoms with Crippen LogP contribution in [-0.4, -0.2) is 37.0 Å². The average molecular weight is 425 g/mol. The van der Waals surface area contributed by atoms with E-state index in [0.717, 1.165) is 6.42 Å². The third kappa shape index (κ3) is 4.88. The minimum Gasteiger partial charge on any atom is -0.348 e. The zero-order valence-electron chi connectivity index (χ0n) is 14.8. The molecule has 1 aromatic carbocycles. The van der Waals surface area contributed by atoms with E-state index in [-0.39, 0.29) is 15.8 Å². The van der Waals surface area contributed by atoms with Gasteiger partial charge in [-0.25, -0.2) is 12.8 Å². The van der Waals surface area contributed by atoms with Gasteiger partial charge in [0.15, 0.2) is 0 Å². The smallest absolute Gasteiger partial charge is 0.238 e. The van der Waals surface area contributed by atoms with Gasteiger partial charge in [-0.1, -0.05) is 36.5 Å². The summed E-state index contributed by atoms with van der Waals surface area (Å²) >= 11 is 11.8. The summed E-state index contributed by atoms with van der Waals surface area (Å²) in [6.45, 7) is 3.92. The summed E-state index contributed by atoms with van der Waals surface area (Å²) in [7, 11) is -3.47. The van der Waals surface area contributed by atoms with Gasteiger partial charge in [-0.3, -0.25) is 4.79 Å². The van der Waals surface area contributed by atoms with Crippen LogP contribution in [0.15, 0.2) is 12.1 Å². The van der Waals surface area contributed by atoms with E-state index in [1.165, 1.54) is 16.4 Å². The highest BCUT2D eigenvalue weighted by atomic mass is 35.5. The molecule has 5 nitrogen and oxygen atoms in total. The molecule has 1 heterocycles. The summed E-state index contributed by atoms with van der Waals surface area (Å²) in [5.41, 5.74) is 0.389. The lowest BCUT2D eigenvalue weighted by atomic mass is 10.1. The maximum Gasteiger partial charge on any atom is 0.238 e. The quantitative estimate of drug-likeness (QED) is 0.674. The predicted molar refractivity (Wildman–Crippen MR) is 101 cm³/mol. The van der Waals surface area contributed by atoms with Gasteiger partial charge in [0.1, 0.15) is 11.9 Å². The number of amides is 1. The number of benzene rings is 1. The Labute approximate surface area is 163 Å². The molecule has 1 N–H and O–H groups in total. The van der Waals surface area contributed by atoms with Crippen LogP contribution < -0.4 is 5.32 Å². The monoisotopic (exact) mass is 424 g/mol. The fourth-order valence-electron chi connectivity index (χ4n) is 3.04. The van der Waals surface area contributed by atoms with E-state index in [1.54, 1.807) is 6.92 Å². The van der Waals surface area contributed by atoms with Crippen molar-refractivity contribution in [3.63, 3.8) is 0 Å². The molecule has 1 aliphatic rings. The first-order valence-corrected chi connectivity index (χ1v) is 11.0. The number of sulfonamides is 1. The highest BCUT2D eigenvalue weighted by Crippen LogP contribution is 2.29. The molecule has 2 unspecified atom stereocenters. The first-order valence-electron chi connectivity index (χ1n) is 8.61. The molecule has 1 amide bonds. The van der Waals surface area contributed by atoms with E-state index in [9.17, 15) is 17.6 Å². The van der Waals surface area contributed by atoms with Crippen LogP contribution in [-0.2, 0) is 14.8 Å². The van der Waals surface area contributed by atoms with Gasteiger partial charge >= 0.3 is 0 Å². The van der Waals surface area contributed by atoms with E-state index in [1.807, 2.05) is 6.92 Å². The van der Waals surface area contributed by atoms with Gasteiger partial charge in [0, 0.05) is 11.6 Å². The van der Waals surface area contributed by atoms with Crippen molar-refractivity contribution >= 4 is 39.1 Å². The van der Waals surface area contributed by atoms with Gasteiger partial charge in [0.25, 0.3) is 0 Å². The Hall–Kier alpha value is -0.890. The predicted octanol–water partition coefficient (Wildman–Crippen LogP) is 3.90. The number of carbonyl (C=O) groups excluding carboxylic acids is 1. The second kappa shape index (κ2) is 8.87. The Morgan fingerprint density at radius 1 is 1.38 bits per heavy atom. The van der Waals surface area contributed by atoms with Crippen LogP contribution >= 0.6 is 23.2 Å². The molecular weight excluding hydrogens is 402 g/mol. The Bertz CT molecular complexity index is 774. The zero-order valence-corrected chi connectivity index (χ0v) is 17.1. The number of carbonyl (C=O) groups is 1. The van der Waals surface area contributed by atoms with Gasteiger partial charge in [0.05, 0.1) is 16.8 Å². The summed E-state index contributed by atoms with van der Waals surface area (Å²) in [4.78, 5) is 12.6. The molecule has 2 atom stereocenters. The molecule has 1 fully saturated rings. The van der Waals surface area contributed by atoms with Gasteiger partial charge in [-0.2, -0.15) is 4.31 Å². The second-order valence-electron chi connectivity index (χ2n) is 6.46. The van der Waals surface area contributed by atoms with Crippen molar-refractivity contribution in [2.45, 2.75) is 51.6 Å². The van der Waals surface area contributed by atoms with Gasteiger partial charge < -0.3 is 5.32 Å². The normalized spacial score (nSPS) is 19.5. The number of unbranched alkanes of at least 4 members (excludes halogenated alkanes) is 1. The van der Waals surface area contributed by atoms with Crippen molar-refractivity contribution in [3.05, 3.63) is 33.6 Å². The summed E-state index contributed by atoms with van der Waals surface area (Å²) in [6, 6.07) is 1.14. The van der Waals surface area contributed by atoms with Crippen LogP contribution in [0.5, 0.6) is 0 Å². The van der Waals surface area contributed by atoms with Gasteiger partial charge in [-0.15, -0.1) is 0 Å². The maximum absolute atomic E-state index is 13.7. The van der Waals surface area contributed by atoms with Crippen molar-refractivity contribution in [2.75, 3.05) is 12.3 Å². The van der Waals surface area contributed by atoms with Crippen molar-refractivity contribution in [1.29, 1.82) is 0 Å². The fourth-order valence-corrected chi connectivity index (χ4v) is 5.47. The largest absolute Gasteiger partial charge is 0.348 e. The number of hydrogen-bond donors (Lipinski definition) is 1. The zero-order chi connectivity index (χ0) is 19.5. The van der Waals surface area contributed by atoms with Crippen molar-refractivity contribution in [2.24, 2.45) is 0 Å². The van der Waals surface area contributed by atoms with Crippen molar-refractivity contribution in [3.8, 4) is 0 Å². The molecule has 2 rings (SSSR count). The number of nitrogens with one attached hydrogen (secondary N) is 1. The van der Waals surface area contributed by atoms with Crippen LogP contribution in [0.4, 0.5) is 4.39 Å². The molecule has 9 heteroatoms. The molecular formula is C17H23Cl2FN2O3S. The molecule has 1 aliphatic heterocycles. The molecule has 0 bridgehead atoms. The minimum absolute atomic E-state index is 0.0387. The van der Waals surface area contributed by atoms with E-state index < -0.39 is 33.8 Å². The van der Waals surface area contributed by atoms with E-state index in [4.69, 9.17) is 23.2 Å². The number of halogens is 3. The average Bonchev–Trinajstić information content (AvgIpc) is 3.07. The lowest BCUT2D eigenvalue weighted by Gasteiger charge is -2.25. The highest BCUT2D eigenvalue weighted by Gasteiger charge is 2.38. The van der Waals surface area contributed by atoms with Crippen LogP contribution in [0.1, 0.15) is 51.1 Å². The molecule has 0 spiro atoms. The molecule has 146 valence electrons. The lowest BCUT2D eigenvalue weighted by molar-refractivity contribution is -0.124. The van der Waals surface area contributed by atoms with Crippen molar-refractivity contribution in [1.82, 2.24) is 9.62 Å². The van der Waals surface area contributed by atoms with Gasteiger partial charge in [-0.05, 0) is 43.9 Å². The van der Waals surface area contributed by atoms with E-state index in [2.05, 4.69) is 5.32 Å². The molecule has 1 aromatic rings. The third-order valence-corrected chi connectivity index (χ3v) is 7.06. The van der Waals surface area contributed by atoms with Crippen LogP contribution in [0, 0.1) is 5.82 Å². The first-order chi connectivity index (χ1) is 12.2. The van der Waals surface area contributed by atoms with Crippen LogP contribution in [0.2, 0.25) is 10.0 Å². The second-order valence-corrected chi connectivity index (χ2v) is 9.31. The Morgan fingerprint density at radius 3 is 2.73 bits per heavy atom. The molecule has 0 aliphatic carbocycles. The number of rotatable bonds is 7. The highest BCUT2D eigenvalue weighted by molar-refractivity contribution is 7.89. The Kier molecular flexibility index (Phi) is 7.30. The third-order valence-electron chi connectivity index (χ3n) is 4.48. The lowest BCUT2D eigenvalue weighted by Crippen LogP contribution is -2.47. The fraction of sp³-hybridized carbons (Fsp3) is 0.588. The standard InChI is InChI=1S/C17H23Cl2FN2O3S/c1-3-4-8-26(24,25)22-7-5-6-16(22)17(23)21-11(2)12-9-15(20)14(19)10-13(12)18/h9-11,16H,3-8H2,1-2H3,(H,21,23). The summed E-state index contributed by atoms with van der Waals surface area (Å²) in [6.07, 6.45) is 2.42. The summed E-state index contributed by atoms with van der Waals surface area (Å²) in [5.74, 6) is -0.991. The minimum atomic E-state index is -3.47. The SMILES string of the molecule is CCCCS(=O)(=O)N1CCCC1C(=O)NC(C)c1cc(F)c(Cl)cc1Cl. The van der Waals surface area contributed by atoms with Gasteiger partial charge in [0.2, 0.25) is 15.9 Å². The van der Waals surface area contributed by atoms with E-state index >= 15 is 0 Å². The number of nitrogens with zero attached hydrogens (tertiary/aromatic N) is 1. The van der Waals surface area contributed by atoms with E-state index in [0.29, 0.717) is 31.4 Å². The Balaban J connectivity index is 2.12. The number of hydrogen-bond acceptors (Lipinski definition) is 3. The first kappa shape index (κ1) is 21.4. The molecule has 1 saturated heterocycles. The van der Waals surface area contributed by atoms with Crippen LogP contribution in [0.3, 0.4) is 0 Å².